The first kappa shape index (κ1) is 19.3. The molecule has 0 aliphatic carbocycles. The Balaban J connectivity index is 0. The summed E-state index contributed by atoms with van der Waals surface area (Å²) in [6.07, 6.45) is 4.92. The second-order valence-corrected chi connectivity index (χ2v) is 4.04. The number of carboxylic acid groups (broad SMARTS) is 1. The quantitative estimate of drug-likeness (QED) is 0.558. The minimum atomic E-state index is -0.761. The molecule has 0 saturated carbocycles. The molecule has 0 heterocycles. The lowest BCUT2D eigenvalue weighted by molar-refractivity contribution is -0.140. The van der Waals surface area contributed by atoms with Crippen LogP contribution in [-0.2, 0) is 9.53 Å². The van der Waals surface area contributed by atoms with Gasteiger partial charge in [0.2, 0.25) is 0 Å². The third-order valence-corrected chi connectivity index (χ3v) is 2.27. The van der Waals surface area contributed by atoms with Crippen molar-refractivity contribution in [3.8, 4) is 11.8 Å². The fourth-order valence-corrected chi connectivity index (χ4v) is 1.07. The fraction of sp³-hybridized carbons (Fsp3) is 0.800. The average Bonchev–Trinajstić information content (AvgIpc) is 2.35. The van der Waals surface area contributed by atoms with Gasteiger partial charge < -0.3 is 9.84 Å². The second-order valence-electron chi connectivity index (χ2n) is 4.04. The Morgan fingerprint density at radius 3 is 2.17 bits per heavy atom. The van der Waals surface area contributed by atoms with E-state index >= 15 is 0 Å². The molecule has 0 radical (unpaired) electrons. The van der Waals surface area contributed by atoms with E-state index in [2.05, 4.69) is 18.8 Å². The van der Waals surface area contributed by atoms with Crippen molar-refractivity contribution in [3.05, 3.63) is 0 Å². The first-order valence-corrected chi connectivity index (χ1v) is 6.86. The summed E-state index contributed by atoms with van der Waals surface area (Å²) in [6.45, 7) is 9.50. The second kappa shape index (κ2) is 16.0. The molecule has 0 bridgehead atoms. The summed E-state index contributed by atoms with van der Waals surface area (Å²) in [5, 5.41) is 8.55. The number of carbonyl (C=O) groups is 1. The summed E-state index contributed by atoms with van der Waals surface area (Å²) < 4.78 is 4.83. The van der Waals surface area contributed by atoms with E-state index in [0.29, 0.717) is 6.42 Å². The molecule has 0 aromatic heterocycles. The lowest BCUT2D eigenvalue weighted by atomic mass is 10.1. The summed E-state index contributed by atoms with van der Waals surface area (Å²) in [7, 11) is 0. The van der Waals surface area contributed by atoms with Gasteiger partial charge >= 0.3 is 5.97 Å². The maximum absolute atomic E-state index is 10.4. The number of unbranched alkanes of at least 4 members (excludes halogenated alkanes) is 3. The minimum absolute atomic E-state index is 0.335. The van der Waals surface area contributed by atoms with Crippen molar-refractivity contribution >= 4 is 5.97 Å². The zero-order valence-electron chi connectivity index (χ0n) is 12.3. The molecule has 3 heteroatoms. The highest BCUT2D eigenvalue weighted by molar-refractivity contribution is 5.69. The first-order valence-electron chi connectivity index (χ1n) is 6.86. The molecule has 106 valence electrons. The van der Waals surface area contributed by atoms with Crippen LogP contribution in [0.25, 0.3) is 0 Å². The molecule has 0 fully saturated rings. The van der Waals surface area contributed by atoms with Crippen LogP contribution in [0, 0.1) is 17.8 Å². The smallest absolute Gasteiger partial charge is 0.307 e. The molecule has 0 aromatic rings. The minimum Gasteiger partial charge on any atom is -0.481 e. The van der Waals surface area contributed by atoms with Gasteiger partial charge in [0.05, 0.1) is 5.92 Å². The van der Waals surface area contributed by atoms with Gasteiger partial charge in [0.25, 0.3) is 0 Å². The van der Waals surface area contributed by atoms with E-state index in [1.54, 1.807) is 6.92 Å². The van der Waals surface area contributed by atoms with Crippen LogP contribution in [0.2, 0.25) is 0 Å². The Bertz CT molecular complexity index is 236. The van der Waals surface area contributed by atoms with E-state index in [1.165, 1.54) is 12.8 Å². The van der Waals surface area contributed by atoms with Crippen LogP contribution in [-0.4, -0.2) is 24.3 Å². The molecular formula is C15H28O3. The monoisotopic (exact) mass is 256 g/mol. The van der Waals surface area contributed by atoms with Crippen LogP contribution in [0.3, 0.4) is 0 Å². The van der Waals surface area contributed by atoms with Gasteiger partial charge in [-0.05, 0) is 20.3 Å². The number of ether oxygens (including phenoxy) is 1. The molecule has 1 atom stereocenters. The van der Waals surface area contributed by atoms with Gasteiger partial charge in [-0.1, -0.05) is 26.7 Å². The summed E-state index contributed by atoms with van der Waals surface area (Å²) >= 11 is 0. The Morgan fingerprint density at radius 2 is 1.78 bits per heavy atom. The van der Waals surface area contributed by atoms with Gasteiger partial charge in [-0.2, -0.15) is 0 Å². The van der Waals surface area contributed by atoms with Crippen molar-refractivity contribution in [2.45, 2.75) is 59.8 Å². The van der Waals surface area contributed by atoms with Crippen LogP contribution in [0.15, 0.2) is 0 Å². The van der Waals surface area contributed by atoms with Crippen molar-refractivity contribution in [2.75, 3.05) is 13.2 Å². The Kier molecular flexibility index (Phi) is 17.2. The normalized spacial score (nSPS) is 10.7. The van der Waals surface area contributed by atoms with Gasteiger partial charge in [0.15, 0.2) is 0 Å². The topological polar surface area (TPSA) is 46.5 Å². The van der Waals surface area contributed by atoms with E-state index in [-0.39, 0.29) is 5.92 Å². The predicted molar refractivity (Wildman–Crippen MR) is 75.5 cm³/mol. The molecule has 18 heavy (non-hydrogen) atoms. The van der Waals surface area contributed by atoms with Gasteiger partial charge in [-0.3, -0.25) is 4.79 Å². The molecule has 0 aliphatic rings. The Hall–Kier alpha value is -1.01. The SMILES string of the molecule is CCCCCC#CCC(C)C(=O)O.CCOCC. The van der Waals surface area contributed by atoms with Crippen molar-refractivity contribution < 1.29 is 14.6 Å². The molecule has 0 saturated heterocycles. The van der Waals surface area contributed by atoms with Crippen molar-refractivity contribution in [1.82, 2.24) is 0 Å². The van der Waals surface area contributed by atoms with E-state index in [1.807, 2.05) is 13.8 Å². The lowest BCUT2D eigenvalue weighted by Crippen LogP contribution is -2.07. The molecule has 3 nitrogen and oxygen atoms in total. The highest BCUT2D eigenvalue weighted by atomic mass is 16.5. The maximum atomic E-state index is 10.4. The molecule has 1 N–H and O–H groups in total. The molecule has 0 amide bonds. The standard InChI is InChI=1S/C11H18O2.C4H10O/c1-3-4-5-6-7-8-9-10(2)11(12)13;1-3-5-4-2/h10H,3-6,9H2,1-2H3,(H,12,13);3-4H2,1-2H3. The maximum Gasteiger partial charge on any atom is 0.307 e. The van der Waals surface area contributed by atoms with Gasteiger partial charge in [0.1, 0.15) is 0 Å². The van der Waals surface area contributed by atoms with Crippen LogP contribution in [0.5, 0.6) is 0 Å². The molecule has 1 unspecified atom stereocenters. The summed E-state index contributed by atoms with van der Waals surface area (Å²) in [5.41, 5.74) is 0. The summed E-state index contributed by atoms with van der Waals surface area (Å²) in [5.74, 6) is 4.79. The number of rotatable bonds is 7. The zero-order chi connectivity index (χ0) is 14.2. The molecule has 0 spiro atoms. The van der Waals surface area contributed by atoms with E-state index in [4.69, 9.17) is 9.84 Å². The van der Waals surface area contributed by atoms with Gasteiger partial charge in [-0.15, -0.1) is 11.8 Å². The van der Waals surface area contributed by atoms with Gasteiger partial charge in [0, 0.05) is 26.1 Å². The zero-order valence-corrected chi connectivity index (χ0v) is 12.3. The van der Waals surface area contributed by atoms with Crippen molar-refractivity contribution in [3.63, 3.8) is 0 Å². The van der Waals surface area contributed by atoms with Crippen LogP contribution >= 0.6 is 0 Å². The number of carboxylic acids is 1. The van der Waals surface area contributed by atoms with E-state index in [9.17, 15) is 4.79 Å². The molecule has 0 aliphatic heterocycles. The molecule has 0 aromatic carbocycles. The number of hydrogen-bond donors (Lipinski definition) is 1. The molecule has 0 rings (SSSR count). The van der Waals surface area contributed by atoms with Crippen molar-refractivity contribution in [1.29, 1.82) is 0 Å². The molecular weight excluding hydrogens is 228 g/mol. The average molecular weight is 256 g/mol. The summed E-state index contributed by atoms with van der Waals surface area (Å²) in [4.78, 5) is 10.4. The number of hydrogen-bond acceptors (Lipinski definition) is 2. The first-order chi connectivity index (χ1) is 8.59. The van der Waals surface area contributed by atoms with E-state index in [0.717, 1.165) is 26.1 Å². The Morgan fingerprint density at radius 1 is 1.17 bits per heavy atom. The largest absolute Gasteiger partial charge is 0.481 e. The van der Waals surface area contributed by atoms with Crippen LogP contribution in [0.4, 0.5) is 0 Å². The summed E-state index contributed by atoms with van der Waals surface area (Å²) in [6, 6.07) is 0. The lowest BCUT2D eigenvalue weighted by Gasteiger charge is -1.97. The Labute approximate surface area is 112 Å². The third-order valence-electron chi connectivity index (χ3n) is 2.27. The van der Waals surface area contributed by atoms with Crippen LogP contribution < -0.4 is 0 Å². The number of aliphatic carboxylic acids is 1. The highest BCUT2D eigenvalue weighted by Gasteiger charge is 2.07. The predicted octanol–water partition coefficient (Wildman–Crippen LogP) is 3.72. The van der Waals surface area contributed by atoms with Crippen molar-refractivity contribution in [2.24, 2.45) is 5.92 Å². The highest BCUT2D eigenvalue weighted by Crippen LogP contribution is 2.00. The fourth-order valence-electron chi connectivity index (χ4n) is 1.07. The van der Waals surface area contributed by atoms with Crippen LogP contribution in [0.1, 0.15) is 59.8 Å². The third kappa shape index (κ3) is 17.4. The van der Waals surface area contributed by atoms with Gasteiger partial charge in [-0.25, -0.2) is 0 Å². The van der Waals surface area contributed by atoms with E-state index < -0.39 is 5.97 Å².